The summed E-state index contributed by atoms with van der Waals surface area (Å²) in [6.45, 7) is 9.48. The fraction of sp³-hybridized carbons (Fsp3) is 0.435. The van der Waals surface area contributed by atoms with Gasteiger partial charge in [-0.3, -0.25) is 4.90 Å². The quantitative estimate of drug-likeness (QED) is 0.601. The number of methoxy groups -OCH3 is 1. The van der Waals surface area contributed by atoms with Gasteiger partial charge in [0.25, 0.3) is 0 Å². The molecule has 0 aliphatic carbocycles. The average molecular weight is 407 g/mol. The largest absolute Gasteiger partial charge is 0.383 e. The van der Waals surface area contributed by atoms with Crippen molar-refractivity contribution in [1.82, 2.24) is 25.1 Å². The summed E-state index contributed by atoms with van der Waals surface area (Å²) in [7, 11) is 1.70. The van der Waals surface area contributed by atoms with Gasteiger partial charge < -0.3 is 9.64 Å². The molecule has 7 nitrogen and oxygen atoms in total. The highest BCUT2D eigenvalue weighted by Gasteiger charge is 2.30. The molecule has 1 aliphatic heterocycles. The number of hydrogen-bond donors (Lipinski definition) is 0. The maximum atomic E-state index is 5.25. The van der Waals surface area contributed by atoms with E-state index in [1.165, 1.54) is 22.4 Å². The molecule has 0 N–H and O–H groups in total. The van der Waals surface area contributed by atoms with Gasteiger partial charge in [0.15, 0.2) is 5.82 Å². The molecule has 2 heterocycles. The molecule has 4 rings (SSSR count). The molecule has 0 bridgehead atoms. The summed E-state index contributed by atoms with van der Waals surface area (Å²) in [6.07, 6.45) is 0. The summed E-state index contributed by atoms with van der Waals surface area (Å²) in [5.74, 6) is 0.874. The van der Waals surface area contributed by atoms with E-state index in [9.17, 15) is 0 Å². The predicted octanol–water partition coefficient (Wildman–Crippen LogP) is 2.85. The zero-order valence-electron chi connectivity index (χ0n) is 18.0. The third kappa shape index (κ3) is 4.22. The number of ether oxygens (including phenoxy) is 1. The maximum Gasteiger partial charge on any atom is 0.173 e. The number of rotatable bonds is 7. The minimum atomic E-state index is 0.0267. The molecule has 0 amide bonds. The van der Waals surface area contributed by atoms with Crippen LogP contribution < -0.4 is 4.90 Å². The summed E-state index contributed by atoms with van der Waals surface area (Å²) in [6, 6.07) is 17.1. The molecule has 0 radical (unpaired) electrons. The van der Waals surface area contributed by atoms with Crippen LogP contribution in [-0.2, 0) is 11.3 Å². The van der Waals surface area contributed by atoms with Crippen molar-refractivity contribution in [3.8, 4) is 0 Å². The molecule has 1 aromatic heterocycles. The van der Waals surface area contributed by atoms with E-state index in [4.69, 9.17) is 4.74 Å². The zero-order valence-corrected chi connectivity index (χ0v) is 18.0. The number of benzene rings is 2. The Balaban J connectivity index is 1.57. The zero-order chi connectivity index (χ0) is 20.9. The minimum absolute atomic E-state index is 0.0267. The Hall–Kier alpha value is -2.77. The fourth-order valence-corrected chi connectivity index (χ4v) is 4.20. The molecule has 2 aromatic carbocycles. The summed E-state index contributed by atoms with van der Waals surface area (Å²) in [4.78, 5) is 4.99. The number of anilines is 1. The standard InChI is InChI=1S/C23H30N6O/c1-18-8-7-11-21(19(18)2)27-12-14-28(15-13-27)22(20-9-5-4-6-10-20)23-24-25-26-29(23)16-17-30-3/h4-11,22H,12-17H2,1-3H3/t22-/m1/s1. The maximum absolute atomic E-state index is 5.25. The van der Waals surface area contributed by atoms with E-state index >= 15 is 0 Å². The molecule has 158 valence electrons. The summed E-state index contributed by atoms with van der Waals surface area (Å²) in [5, 5.41) is 12.6. The highest BCUT2D eigenvalue weighted by atomic mass is 16.5. The van der Waals surface area contributed by atoms with Crippen molar-refractivity contribution < 1.29 is 4.74 Å². The number of tetrazole rings is 1. The van der Waals surface area contributed by atoms with E-state index in [-0.39, 0.29) is 6.04 Å². The number of aryl methyl sites for hydroxylation is 1. The van der Waals surface area contributed by atoms with E-state index in [2.05, 4.69) is 81.6 Å². The Morgan fingerprint density at radius 1 is 0.967 bits per heavy atom. The van der Waals surface area contributed by atoms with Crippen molar-refractivity contribution in [3.05, 3.63) is 71.0 Å². The first-order valence-corrected chi connectivity index (χ1v) is 10.5. The number of hydrogen-bond acceptors (Lipinski definition) is 6. The van der Waals surface area contributed by atoms with Crippen LogP contribution in [0.3, 0.4) is 0 Å². The first-order valence-electron chi connectivity index (χ1n) is 10.5. The first kappa shape index (κ1) is 20.5. The SMILES string of the molecule is COCCn1nnnc1[C@@H](c1ccccc1)N1CCN(c2cccc(C)c2C)CC1. The van der Waals surface area contributed by atoms with Crippen molar-refractivity contribution in [1.29, 1.82) is 0 Å². The molecule has 0 saturated carbocycles. The monoisotopic (exact) mass is 406 g/mol. The highest BCUT2D eigenvalue weighted by molar-refractivity contribution is 5.56. The fourth-order valence-electron chi connectivity index (χ4n) is 4.20. The lowest BCUT2D eigenvalue weighted by molar-refractivity contribution is 0.171. The second kappa shape index (κ2) is 9.36. The van der Waals surface area contributed by atoms with Gasteiger partial charge in [0.2, 0.25) is 0 Å². The van der Waals surface area contributed by atoms with E-state index in [0.29, 0.717) is 13.2 Å². The Morgan fingerprint density at radius 3 is 2.47 bits per heavy atom. The van der Waals surface area contributed by atoms with Gasteiger partial charge in [-0.2, -0.15) is 0 Å². The number of nitrogens with zero attached hydrogens (tertiary/aromatic N) is 6. The van der Waals surface area contributed by atoms with Crippen molar-refractivity contribution in [2.45, 2.75) is 26.4 Å². The molecule has 0 unspecified atom stereocenters. The lowest BCUT2D eigenvalue weighted by Gasteiger charge is -2.40. The average Bonchev–Trinajstić information content (AvgIpc) is 3.24. The summed E-state index contributed by atoms with van der Waals surface area (Å²) in [5.41, 5.74) is 5.27. The summed E-state index contributed by atoms with van der Waals surface area (Å²) >= 11 is 0. The Bertz CT molecular complexity index is 949. The first-order chi connectivity index (χ1) is 14.7. The second-order valence-electron chi connectivity index (χ2n) is 7.81. The Kier molecular flexibility index (Phi) is 6.40. The van der Waals surface area contributed by atoms with Gasteiger partial charge in [0, 0.05) is 39.0 Å². The Labute approximate surface area is 178 Å². The third-order valence-electron chi connectivity index (χ3n) is 6.02. The van der Waals surface area contributed by atoms with Crippen molar-refractivity contribution in [2.24, 2.45) is 0 Å². The molecule has 1 aliphatic rings. The van der Waals surface area contributed by atoms with E-state index < -0.39 is 0 Å². The summed E-state index contributed by atoms with van der Waals surface area (Å²) < 4.78 is 7.12. The lowest BCUT2D eigenvalue weighted by atomic mass is 10.0. The van der Waals surface area contributed by atoms with Crippen LogP contribution >= 0.6 is 0 Å². The van der Waals surface area contributed by atoms with Crippen LogP contribution in [0.2, 0.25) is 0 Å². The molecule has 1 saturated heterocycles. The predicted molar refractivity (Wildman–Crippen MR) is 118 cm³/mol. The smallest absolute Gasteiger partial charge is 0.173 e. The van der Waals surface area contributed by atoms with Gasteiger partial charge in [0.1, 0.15) is 0 Å². The van der Waals surface area contributed by atoms with Crippen LogP contribution in [0.15, 0.2) is 48.5 Å². The van der Waals surface area contributed by atoms with Gasteiger partial charge in [-0.25, -0.2) is 4.68 Å². The topological polar surface area (TPSA) is 59.3 Å². The molecular formula is C23H30N6O. The van der Waals surface area contributed by atoms with E-state index in [0.717, 1.165) is 32.0 Å². The van der Waals surface area contributed by atoms with Crippen LogP contribution in [0.5, 0.6) is 0 Å². The van der Waals surface area contributed by atoms with Crippen LogP contribution in [0.25, 0.3) is 0 Å². The molecule has 0 spiro atoms. The Morgan fingerprint density at radius 2 is 1.73 bits per heavy atom. The van der Waals surface area contributed by atoms with Gasteiger partial charge in [-0.1, -0.05) is 42.5 Å². The van der Waals surface area contributed by atoms with Gasteiger partial charge in [-0.15, -0.1) is 5.10 Å². The molecule has 7 heteroatoms. The molecule has 1 atom stereocenters. The highest BCUT2D eigenvalue weighted by Crippen LogP contribution is 2.30. The van der Waals surface area contributed by atoms with Crippen LogP contribution in [0.1, 0.15) is 28.6 Å². The third-order valence-corrected chi connectivity index (χ3v) is 6.02. The number of piperazine rings is 1. The molecule has 30 heavy (non-hydrogen) atoms. The van der Waals surface area contributed by atoms with Crippen molar-refractivity contribution in [3.63, 3.8) is 0 Å². The minimum Gasteiger partial charge on any atom is -0.383 e. The van der Waals surface area contributed by atoms with Gasteiger partial charge >= 0.3 is 0 Å². The van der Waals surface area contributed by atoms with Crippen molar-refractivity contribution >= 4 is 5.69 Å². The molecule has 3 aromatic rings. The molecular weight excluding hydrogens is 376 g/mol. The van der Waals surface area contributed by atoms with Crippen LogP contribution in [0.4, 0.5) is 5.69 Å². The van der Waals surface area contributed by atoms with E-state index in [1.54, 1.807) is 7.11 Å². The van der Waals surface area contributed by atoms with Gasteiger partial charge in [-0.05, 0) is 47.0 Å². The number of aromatic nitrogens is 4. The molecule has 1 fully saturated rings. The van der Waals surface area contributed by atoms with E-state index in [1.807, 2.05) is 10.7 Å². The van der Waals surface area contributed by atoms with Crippen LogP contribution in [0, 0.1) is 13.8 Å². The lowest BCUT2D eigenvalue weighted by Crippen LogP contribution is -2.48. The van der Waals surface area contributed by atoms with Crippen molar-refractivity contribution in [2.75, 3.05) is 44.8 Å². The normalized spacial score (nSPS) is 16.0. The van der Waals surface area contributed by atoms with Gasteiger partial charge in [0.05, 0.1) is 19.2 Å². The van der Waals surface area contributed by atoms with Crippen LogP contribution in [-0.4, -0.2) is 65.0 Å². The second-order valence-corrected chi connectivity index (χ2v) is 7.81.